The molecule has 1 atom stereocenters. The number of hydrogen-bond donors (Lipinski definition) is 1. The van der Waals surface area contributed by atoms with Crippen molar-refractivity contribution in [1.29, 1.82) is 0 Å². The number of carbonyl (C=O) groups excluding carboxylic acids is 3. The SMILES string of the molecule is Cc1ccc(NC(=O)[C@@H](C)OC(=O)CN2CCCCCC2=O)cc1F. The van der Waals surface area contributed by atoms with Gasteiger partial charge in [0.25, 0.3) is 5.91 Å². The van der Waals surface area contributed by atoms with E-state index >= 15 is 0 Å². The van der Waals surface area contributed by atoms with E-state index < -0.39 is 23.8 Å². The molecule has 1 heterocycles. The molecule has 1 fully saturated rings. The Morgan fingerprint density at radius 1 is 1.32 bits per heavy atom. The molecule has 25 heavy (non-hydrogen) atoms. The highest BCUT2D eigenvalue weighted by Crippen LogP contribution is 2.14. The average Bonchev–Trinajstić information content (AvgIpc) is 2.75. The average molecular weight is 350 g/mol. The molecule has 1 aromatic carbocycles. The van der Waals surface area contributed by atoms with Crippen molar-refractivity contribution in [3.8, 4) is 0 Å². The number of amides is 2. The number of benzene rings is 1. The van der Waals surface area contributed by atoms with Crippen molar-refractivity contribution in [2.24, 2.45) is 0 Å². The fourth-order valence-corrected chi connectivity index (χ4v) is 2.56. The second-order valence-corrected chi connectivity index (χ2v) is 6.21. The van der Waals surface area contributed by atoms with Crippen LogP contribution in [-0.2, 0) is 19.1 Å². The summed E-state index contributed by atoms with van der Waals surface area (Å²) in [4.78, 5) is 37.4. The number of halogens is 1. The van der Waals surface area contributed by atoms with Gasteiger partial charge in [0.05, 0.1) is 0 Å². The first kappa shape index (κ1) is 18.9. The Hall–Kier alpha value is -2.44. The molecule has 0 aliphatic carbocycles. The lowest BCUT2D eigenvalue weighted by Crippen LogP contribution is -2.38. The number of esters is 1. The van der Waals surface area contributed by atoms with Gasteiger partial charge in [-0.15, -0.1) is 0 Å². The number of ether oxygens (including phenoxy) is 1. The quantitative estimate of drug-likeness (QED) is 0.828. The number of likely N-dealkylation sites (tertiary alicyclic amines) is 1. The Morgan fingerprint density at radius 2 is 2.08 bits per heavy atom. The zero-order chi connectivity index (χ0) is 18.4. The standard InChI is InChI=1S/C18H23FN2O4/c1-12-7-8-14(10-15(12)19)20-18(24)13(2)25-17(23)11-21-9-5-3-4-6-16(21)22/h7-8,10,13H,3-6,9,11H2,1-2H3,(H,20,24)/t13-/m1/s1. The molecule has 2 rings (SSSR count). The van der Waals surface area contributed by atoms with Crippen molar-refractivity contribution in [3.63, 3.8) is 0 Å². The molecule has 7 heteroatoms. The lowest BCUT2D eigenvalue weighted by atomic mass is 10.2. The Morgan fingerprint density at radius 3 is 2.80 bits per heavy atom. The number of carbonyl (C=O) groups is 3. The van der Waals surface area contributed by atoms with Gasteiger partial charge in [-0.25, -0.2) is 4.39 Å². The summed E-state index contributed by atoms with van der Waals surface area (Å²) in [6, 6.07) is 4.32. The number of hydrogen-bond acceptors (Lipinski definition) is 4. The van der Waals surface area contributed by atoms with Crippen LogP contribution in [0.4, 0.5) is 10.1 Å². The number of rotatable bonds is 5. The van der Waals surface area contributed by atoms with E-state index in [4.69, 9.17) is 4.74 Å². The summed E-state index contributed by atoms with van der Waals surface area (Å²) in [5.74, 6) is -1.68. The van der Waals surface area contributed by atoms with Gasteiger partial charge in [-0.05, 0) is 44.4 Å². The van der Waals surface area contributed by atoms with Gasteiger partial charge in [-0.2, -0.15) is 0 Å². The van der Waals surface area contributed by atoms with Gasteiger partial charge in [0.2, 0.25) is 5.91 Å². The lowest BCUT2D eigenvalue weighted by molar-refractivity contribution is -0.156. The fourth-order valence-electron chi connectivity index (χ4n) is 2.56. The number of aryl methyl sites for hydroxylation is 1. The molecule has 0 bridgehead atoms. The van der Waals surface area contributed by atoms with Gasteiger partial charge in [0, 0.05) is 18.7 Å². The van der Waals surface area contributed by atoms with E-state index in [1.807, 2.05) is 0 Å². The van der Waals surface area contributed by atoms with Crippen molar-refractivity contribution in [3.05, 3.63) is 29.6 Å². The predicted molar refractivity (Wildman–Crippen MR) is 90.4 cm³/mol. The lowest BCUT2D eigenvalue weighted by Gasteiger charge is -2.20. The molecule has 1 aliphatic heterocycles. The van der Waals surface area contributed by atoms with Crippen molar-refractivity contribution in [2.75, 3.05) is 18.4 Å². The highest BCUT2D eigenvalue weighted by atomic mass is 19.1. The monoisotopic (exact) mass is 350 g/mol. The molecule has 0 radical (unpaired) electrons. The second kappa shape index (κ2) is 8.60. The van der Waals surface area contributed by atoms with Gasteiger partial charge in [0.15, 0.2) is 6.10 Å². The molecule has 0 spiro atoms. The van der Waals surface area contributed by atoms with Gasteiger partial charge in [-0.1, -0.05) is 12.5 Å². The minimum atomic E-state index is -1.04. The van der Waals surface area contributed by atoms with Gasteiger partial charge in [0.1, 0.15) is 12.4 Å². The van der Waals surface area contributed by atoms with Gasteiger partial charge < -0.3 is 15.0 Å². The molecule has 6 nitrogen and oxygen atoms in total. The van der Waals surface area contributed by atoms with Gasteiger partial charge in [-0.3, -0.25) is 14.4 Å². The second-order valence-electron chi connectivity index (χ2n) is 6.21. The molecule has 0 aromatic heterocycles. The maximum Gasteiger partial charge on any atom is 0.326 e. The van der Waals surface area contributed by atoms with Crippen LogP contribution in [0.1, 0.15) is 38.2 Å². The Balaban J connectivity index is 1.85. The van der Waals surface area contributed by atoms with Crippen LogP contribution < -0.4 is 5.32 Å². The number of nitrogens with zero attached hydrogens (tertiary/aromatic N) is 1. The molecular formula is C18H23FN2O4. The minimum absolute atomic E-state index is 0.0679. The van der Waals surface area contributed by atoms with Gasteiger partial charge >= 0.3 is 5.97 Å². The fraction of sp³-hybridized carbons (Fsp3) is 0.500. The maximum atomic E-state index is 13.5. The molecule has 1 saturated heterocycles. The van der Waals surface area contributed by atoms with Crippen molar-refractivity contribution in [1.82, 2.24) is 4.90 Å². The number of anilines is 1. The summed E-state index contributed by atoms with van der Waals surface area (Å²) in [6.45, 7) is 3.42. The van der Waals surface area contributed by atoms with E-state index in [1.54, 1.807) is 19.1 Å². The maximum absolute atomic E-state index is 13.5. The highest BCUT2D eigenvalue weighted by Gasteiger charge is 2.23. The van der Waals surface area contributed by atoms with Crippen molar-refractivity contribution >= 4 is 23.5 Å². The van der Waals surface area contributed by atoms with Crippen LogP contribution >= 0.6 is 0 Å². The van der Waals surface area contributed by atoms with E-state index in [1.165, 1.54) is 17.9 Å². The van der Waals surface area contributed by atoms with E-state index in [-0.39, 0.29) is 12.5 Å². The van der Waals surface area contributed by atoms with E-state index in [2.05, 4.69) is 5.32 Å². The molecule has 0 saturated carbocycles. The molecule has 1 aliphatic rings. The zero-order valence-corrected chi connectivity index (χ0v) is 14.5. The van der Waals surface area contributed by atoms with Crippen LogP contribution in [0.15, 0.2) is 18.2 Å². The van der Waals surface area contributed by atoms with Crippen LogP contribution in [0.2, 0.25) is 0 Å². The Kier molecular flexibility index (Phi) is 6.50. The topological polar surface area (TPSA) is 75.7 Å². The Bertz CT molecular complexity index is 662. The summed E-state index contributed by atoms with van der Waals surface area (Å²) in [7, 11) is 0. The molecule has 136 valence electrons. The minimum Gasteiger partial charge on any atom is -0.451 e. The highest BCUT2D eigenvalue weighted by molar-refractivity contribution is 5.95. The van der Waals surface area contributed by atoms with Crippen LogP contribution in [0, 0.1) is 12.7 Å². The Labute approximate surface area is 146 Å². The van der Waals surface area contributed by atoms with Crippen molar-refractivity contribution in [2.45, 2.75) is 45.6 Å². The molecule has 1 N–H and O–H groups in total. The molecule has 0 unspecified atom stereocenters. The van der Waals surface area contributed by atoms with Crippen LogP contribution in [0.25, 0.3) is 0 Å². The van der Waals surface area contributed by atoms with Crippen LogP contribution in [-0.4, -0.2) is 41.9 Å². The zero-order valence-electron chi connectivity index (χ0n) is 14.5. The summed E-state index contributed by atoms with van der Waals surface area (Å²) >= 11 is 0. The van der Waals surface area contributed by atoms with E-state index in [0.29, 0.717) is 24.2 Å². The molecule has 1 aromatic rings. The first-order chi connectivity index (χ1) is 11.9. The summed E-state index contributed by atoms with van der Waals surface area (Å²) in [6.07, 6.45) is 2.04. The van der Waals surface area contributed by atoms with Crippen molar-refractivity contribution < 1.29 is 23.5 Å². The molecular weight excluding hydrogens is 327 g/mol. The molecule has 2 amide bonds. The largest absolute Gasteiger partial charge is 0.451 e. The summed E-state index contributed by atoms with van der Waals surface area (Å²) in [5, 5.41) is 2.50. The third kappa shape index (κ3) is 5.55. The third-order valence-electron chi connectivity index (χ3n) is 4.11. The predicted octanol–water partition coefficient (Wildman–Crippen LogP) is 2.41. The normalized spacial score (nSPS) is 16.1. The third-order valence-corrected chi connectivity index (χ3v) is 4.11. The first-order valence-electron chi connectivity index (χ1n) is 8.41. The first-order valence-corrected chi connectivity index (χ1v) is 8.41. The number of nitrogens with one attached hydrogen (secondary N) is 1. The smallest absolute Gasteiger partial charge is 0.326 e. The van der Waals surface area contributed by atoms with Crippen LogP contribution in [0.5, 0.6) is 0 Å². The summed E-state index contributed by atoms with van der Waals surface area (Å²) in [5.41, 5.74) is 0.762. The van der Waals surface area contributed by atoms with E-state index in [0.717, 1.165) is 19.3 Å². The van der Waals surface area contributed by atoms with Crippen LogP contribution in [0.3, 0.4) is 0 Å². The summed E-state index contributed by atoms with van der Waals surface area (Å²) < 4.78 is 18.6. The van der Waals surface area contributed by atoms with E-state index in [9.17, 15) is 18.8 Å².